The van der Waals surface area contributed by atoms with Crippen molar-refractivity contribution in [1.29, 1.82) is 0 Å². The quantitative estimate of drug-likeness (QED) is 0.493. The maximum Gasteiger partial charge on any atom is 0.255 e. The number of nitrogens with one attached hydrogen (secondary N) is 1. The molecule has 2 aromatic heterocycles. The Labute approximate surface area is 191 Å². The van der Waals surface area contributed by atoms with Gasteiger partial charge in [0.25, 0.3) is 5.56 Å². The highest BCUT2D eigenvalue weighted by Crippen LogP contribution is 2.32. The average molecular weight is 440 g/mol. The molecule has 0 fully saturated rings. The third-order valence-corrected chi connectivity index (χ3v) is 6.53. The van der Waals surface area contributed by atoms with Crippen LogP contribution in [0.1, 0.15) is 34.2 Å². The molecule has 4 aromatic rings. The molecule has 6 rings (SSSR count). The summed E-state index contributed by atoms with van der Waals surface area (Å²) in [5.74, 6) is 1.55. The molecule has 2 aromatic carbocycles. The number of hydrogen-bond donors (Lipinski definition) is 1. The Morgan fingerprint density at radius 2 is 1.82 bits per heavy atom. The third-order valence-electron chi connectivity index (χ3n) is 6.53. The molecule has 6 nitrogen and oxygen atoms in total. The van der Waals surface area contributed by atoms with Crippen LogP contribution in [0.25, 0.3) is 10.9 Å². The molecule has 0 radical (unpaired) electrons. The van der Waals surface area contributed by atoms with Crippen LogP contribution in [0, 0.1) is 0 Å². The smallest absolute Gasteiger partial charge is 0.255 e. The van der Waals surface area contributed by atoms with Crippen molar-refractivity contribution >= 4 is 10.9 Å². The molecule has 33 heavy (non-hydrogen) atoms. The van der Waals surface area contributed by atoms with E-state index >= 15 is 0 Å². The lowest BCUT2D eigenvalue weighted by molar-refractivity contribution is 0.174. The first kappa shape index (κ1) is 20.0. The molecule has 0 saturated carbocycles. The molecule has 0 amide bonds. The van der Waals surface area contributed by atoms with Gasteiger partial charge in [-0.2, -0.15) is 0 Å². The number of fused-ring (bicyclic) bond motifs is 3. The SMILES string of the molecule is O=c1c(CNCc2ccc3c(c2)OCO3)cc2cc3c(cc2n1Cc1cccnc1)CCC3. The van der Waals surface area contributed by atoms with Gasteiger partial charge in [-0.1, -0.05) is 12.1 Å². The van der Waals surface area contributed by atoms with E-state index in [0.717, 1.165) is 51.9 Å². The second-order valence-corrected chi connectivity index (χ2v) is 8.75. The molecule has 1 N–H and O–H groups in total. The molecule has 0 unspecified atom stereocenters. The lowest BCUT2D eigenvalue weighted by Crippen LogP contribution is -2.28. The second kappa shape index (κ2) is 8.37. The molecule has 2 aliphatic rings. The molecule has 1 aliphatic heterocycles. The van der Waals surface area contributed by atoms with Crippen molar-refractivity contribution in [1.82, 2.24) is 14.9 Å². The Morgan fingerprint density at radius 3 is 2.70 bits per heavy atom. The van der Waals surface area contributed by atoms with Gasteiger partial charge in [-0.05, 0) is 83.3 Å². The normalized spacial score (nSPS) is 14.1. The maximum absolute atomic E-state index is 13.5. The zero-order valence-electron chi connectivity index (χ0n) is 18.3. The highest BCUT2D eigenvalue weighted by atomic mass is 16.7. The molecule has 1 aliphatic carbocycles. The van der Waals surface area contributed by atoms with Gasteiger partial charge in [0.1, 0.15) is 0 Å². The van der Waals surface area contributed by atoms with Crippen LogP contribution in [0.3, 0.4) is 0 Å². The molecular formula is C27H25N3O3. The standard InChI is InChI=1S/C27H25N3O3/c31-27-23(15-29-13-18-6-7-25-26(9-18)33-17-32-25)11-22-10-20-4-1-5-21(20)12-24(22)30(27)16-19-3-2-8-28-14-19/h2-3,6-12,14,29H,1,4-5,13,15-17H2. The van der Waals surface area contributed by atoms with E-state index in [9.17, 15) is 4.79 Å². The van der Waals surface area contributed by atoms with Gasteiger partial charge in [0.2, 0.25) is 6.79 Å². The average Bonchev–Trinajstić information content (AvgIpc) is 3.49. The minimum absolute atomic E-state index is 0.0440. The van der Waals surface area contributed by atoms with Gasteiger partial charge in [0, 0.05) is 31.0 Å². The summed E-state index contributed by atoms with van der Waals surface area (Å²) in [7, 11) is 0. The van der Waals surface area contributed by atoms with Crippen molar-refractivity contribution in [3.05, 3.63) is 99.1 Å². The maximum atomic E-state index is 13.5. The van der Waals surface area contributed by atoms with E-state index in [1.807, 2.05) is 41.1 Å². The van der Waals surface area contributed by atoms with E-state index in [1.54, 1.807) is 6.20 Å². The van der Waals surface area contributed by atoms with Gasteiger partial charge in [-0.3, -0.25) is 9.78 Å². The van der Waals surface area contributed by atoms with Gasteiger partial charge in [-0.25, -0.2) is 0 Å². The summed E-state index contributed by atoms with van der Waals surface area (Å²) in [6.45, 7) is 1.91. The summed E-state index contributed by atoms with van der Waals surface area (Å²) in [6.07, 6.45) is 6.97. The summed E-state index contributed by atoms with van der Waals surface area (Å²) < 4.78 is 12.8. The van der Waals surface area contributed by atoms with Crippen molar-refractivity contribution in [3.8, 4) is 11.5 Å². The highest BCUT2D eigenvalue weighted by molar-refractivity contribution is 5.82. The van der Waals surface area contributed by atoms with E-state index in [1.165, 1.54) is 17.5 Å². The number of hydrogen-bond acceptors (Lipinski definition) is 5. The van der Waals surface area contributed by atoms with Crippen LogP contribution in [-0.4, -0.2) is 16.3 Å². The molecular weight excluding hydrogens is 414 g/mol. The van der Waals surface area contributed by atoms with E-state index < -0.39 is 0 Å². The van der Waals surface area contributed by atoms with Gasteiger partial charge in [0.15, 0.2) is 11.5 Å². The minimum Gasteiger partial charge on any atom is -0.454 e. The number of aromatic nitrogens is 2. The minimum atomic E-state index is 0.0440. The monoisotopic (exact) mass is 439 g/mol. The number of aryl methyl sites for hydroxylation is 2. The Hall–Kier alpha value is -3.64. The van der Waals surface area contributed by atoms with Gasteiger partial charge < -0.3 is 19.4 Å². The van der Waals surface area contributed by atoms with Crippen molar-refractivity contribution < 1.29 is 9.47 Å². The fourth-order valence-electron chi connectivity index (χ4n) is 4.86. The van der Waals surface area contributed by atoms with E-state index in [0.29, 0.717) is 19.6 Å². The van der Waals surface area contributed by atoms with Crippen LogP contribution >= 0.6 is 0 Å². The molecule has 6 heteroatoms. The molecule has 166 valence electrons. The van der Waals surface area contributed by atoms with Crippen molar-refractivity contribution in [2.45, 2.75) is 38.9 Å². The van der Waals surface area contributed by atoms with Gasteiger partial charge in [-0.15, -0.1) is 0 Å². The Morgan fingerprint density at radius 1 is 0.939 bits per heavy atom. The summed E-state index contributed by atoms with van der Waals surface area (Å²) >= 11 is 0. The predicted molar refractivity (Wildman–Crippen MR) is 127 cm³/mol. The van der Waals surface area contributed by atoms with Crippen LogP contribution in [0.5, 0.6) is 11.5 Å². The van der Waals surface area contributed by atoms with Crippen LogP contribution in [0.15, 0.2) is 65.7 Å². The predicted octanol–water partition coefficient (Wildman–Crippen LogP) is 3.95. The van der Waals surface area contributed by atoms with Crippen LogP contribution in [0.4, 0.5) is 0 Å². The van der Waals surface area contributed by atoms with E-state index in [2.05, 4.69) is 28.5 Å². The number of ether oxygens (including phenoxy) is 2. The van der Waals surface area contributed by atoms with Crippen molar-refractivity contribution in [3.63, 3.8) is 0 Å². The first-order chi connectivity index (χ1) is 16.2. The highest BCUT2D eigenvalue weighted by Gasteiger charge is 2.17. The van der Waals surface area contributed by atoms with Gasteiger partial charge >= 0.3 is 0 Å². The van der Waals surface area contributed by atoms with Gasteiger partial charge in [0.05, 0.1) is 12.1 Å². The summed E-state index contributed by atoms with van der Waals surface area (Å²) in [5, 5.41) is 4.56. The fourth-order valence-corrected chi connectivity index (χ4v) is 4.86. The fraction of sp³-hybridized carbons (Fsp3) is 0.259. The summed E-state index contributed by atoms with van der Waals surface area (Å²) in [5.41, 5.74) is 6.71. The molecule has 0 spiro atoms. The molecule has 3 heterocycles. The molecule has 0 bridgehead atoms. The molecule has 0 saturated heterocycles. The third kappa shape index (κ3) is 3.87. The Kier molecular flexibility index (Phi) is 5.07. The number of pyridine rings is 2. The zero-order valence-corrected chi connectivity index (χ0v) is 18.3. The largest absolute Gasteiger partial charge is 0.454 e. The summed E-state index contributed by atoms with van der Waals surface area (Å²) in [6, 6.07) is 16.4. The summed E-state index contributed by atoms with van der Waals surface area (Å²) in [4.78, 5) is 17.8. The van der Waals surface area contributed by atoms with E-state index in [-0.39, 0.29) is 12.4 Å². The van der Waals surface area contributed by atoms with Crippen LogP contribution in [-0.2, 0) is 32.5 Å². The Bertz CT molecular complexity index is 1400. The van der Waals surface area contributed by atoms with Crippen LogP contribution in [0.2, 0.25) is 0 Å². The van der Waals surface area contributed by atoms with Crippen molar-refractivity contribution in [2.24, 2.45) is 0 Å². The number of nitrogens with zero attached hydrogens (tertiary/aromatic N) is 2. The lowest BCUT2D eigenvalue weighted by atomic mass is 10.0. The lowest BCUT2D eigenvalue weighted by Gasteiger charge is -2.15. The first-order valence-electron chi connectivity index (χ1n) is 11.4. The topological polar surface area (TPSA) is 65.4 Å². The first-order valence-corrected chi connectivity index (χ1v) is 11.4. The second-order valence-electron chi connectivity index (χ2n) is 8.75. The number of benzene rings is 2. The zero-order chi connectivity index (χ0) is 22.2. The van der Waals surface area contributed by atoms with Crippen LogP contribution < -0.4 is 20.3 Å². The van der Waals surface area contributed by atoms with E-state index in [4.69, 9.17) is 9.47 Å². The molecule has 0 atom stereocenters. The Balaban J connectivity index is 1.32. The number of rotatable bonds is 6. The van der Waals surface area contributed by atoms with Crippen molar-refractivity contribution in [2.75, 3.05) is 6.79 Å².